The number of nitrogens with one attached hydrogen (secondary N) is 1. The second-order valence-corrected chi connectivity index (χ2v) is 7.86. The van der Waals surface area contributed by atoms with Gasteiger partial charge in [0.15, 0.2) is 0 Å². The highest BCUT2D eigenvalue weighted by atomic mass is 32.2. The molecular weight excluding hydrogens is 284 g/mol. The van der Waals surface area contributed by atoms with E-state index in [-0.39, 0.29) is 5.60 Å². The standard InChI is InChI=1S/C15H24N4OS/c1-2-12(1)16-10-13-11-19(18-17-13)14-3-6-20-15(9-14)4-7-21-8-5-15/h11-12,14,16H,1-10H2. The van der Waals surface area contributed by atoms with Crippen molar-refractivity contribution in [2.75, 3.05) is 18.1 Å². The van der Waals surface area contributed by atoms with Crippen LogP contribution in [0.4, 0.5) is 0 Å². The Labute approximate surface area is 130 Å². The first-order valence-corrected chi connectivity index (χ1v) is 9.34. The lowest BCUT2D eigenvalue weighted by atomic mass is 9.85. The predicted octanol–water partition coefficient (Wildman–Crippen LogP) is 2.15. The summed E-state index contributed by atoms with van der Waals surface area (Å²) in [5.41, 5.74) is 1.19. The summed E-state index contributed by atoms with van der Waals surface area (Å²) in [5, 5.41) is 12.2. The van der Waals surface area contributed by atoms with Crippen molar-refractivity contribution in [3.8, 4) is 0 Å². The molecule has 0 aromatic carbocycles. The van der Waals surface area contributed by atoms with E-state index in [1.165, 1.54) is 37.2 Å². The van der Waals surface area contributed by atoms with Crippen molar-refractivity contribution in [3.05, 3.63) is 11.9 Å². The highest BCUT2D eigenvalue weighted by Gasteiger charge is 2.39. The van der Waals surface area contributed by atoms with Crippen molar-refractivity contribution in [1.82, 2.24) is 20.3 Å². The minimum atomic E-state index is 0.118. The van der Waals surface area contributed by atoms with Gasteiger partial charge in [-0.2, -0.15) is 11.8 Å². The van der Waals surface area contributed by atoms with E-state index in [1.54, 1.807) is 0 Å². The molecule has 0 bridgehead atoms. The molecule has 1 spiro atoms. The molecule has 2 aliphatic heterocycles. The van der Waals surface area contributed by atoms with Gasteiger partial charge in [0, 0.05) is 19.2 Å². The lowest BCUT2D eigenvalue weighted by molar-refractivity contribution is -0.100. The van der Waals surface area contributed by atoms with Gasteiger partial charge in [-0.05, 0) is 50.0 Å². The van der Waals surface area contributed by atoms with Crippen LogP contribution in [0.15, 0.2) is 6.20 Å². The summed E-state index contributed by atoms with van der Waals surface area (Å²) in [6.07, 6.45) is 9.32. The van der Waals surface area contributed by atoms with Crippen LogP contribution >= 0.6 is 11.8 Å². The summed E-state index contributed by atoms with van der Waals surface area (Å²) in [4.78, 5) is 0. The highest BCUT2D eigenvalue weighted by molar-refractivity contribution is 7.99. The third-order valence-corrected chi connectivity index (χ3v) is 5.94. The van der Waals surface area contributed by atoms with Crippen LogP contribution in [0.5, 0.6) is 0 Å². The Balaban J connectivity index is 1.40. The van der Waals surface area contributed by atoms with Gasteiger partial charge in [0.25, 0.3) is 0 Å². The van der Waals surface area contributed by atoms with E-state index in [2.05, 4.69) is 38.3 Å². The number of rotatable bonds is 4. The fraction of sp³-hybridized carbons (Fsp3) is 0.867. The van der Waals surface area contributed by atoms with E-state index in [0.29, 0.717) is 6.04 Å². The molecule has 1 atom stereocenters. The maximum atomic E-state index is 6.16. The Bertz CT molecular complexity index is 476. The smallest absolute Gasteiger partial charge is 0.0965 e. The fourth-order valence-electron chi connectivity index (χ4n) is 3.43. The van der Waals surface area contributed by atoms with Crippen molar-refractivity contribution in [3.63, 3.8) is 0 Å². The SMILES string of the molecule is c1c(CNC2CC2)nnn1C1CCOC2(CCSCC2)C1. The topological polar surface area (TPSA) is 52.0 Å². The van der Waals surface area contributed by atoms with Crippen LogP contribution in [0.2, 0.25) is 0 Å². The van der Waals surface area contributed by atoms with Gasteiger partial charge in [0.2, 0.25) is 0 Å². The number of thioether (sulfide) groups is 1. The van der Waals surface area contributed by atoms with Gasteiger partial charge in [-0.15, -0.1) is 5.10 Å². The number of aromatic nitrogens is 3. The second kappa shape index (κ2) is 5.89. The molecule has 5 nitrogen and oxygen atoms in total. The summed E-state index contributed by atoms with van der Waals surface area (Å²) in [6, 6.07) is 1.19. The average molecular weight is 308 g/mol. The summed E-state index contributed by atoms with van der Waals surface area (Å²) < 4.78 is 8.26. The molecule has 0 amide bonds. The third-order valence-electron chi connectivity index (χ3n) is 4.95. The molecule has 4 rings (SSSR count). The molecule has 1 N–H and O–H groups in total. The van der Waals surface area contributed by atoms with Crippen LogP contribution < -0.4 is 5.32 Å². The fourth-order valence-corrected chi connectivity index (χ4v) is 4.67. The molecule has 1 unspecified atom stereocenters. The average Bonchev–Trinajstić information content (AvgIpc) is 3.22. The van der Waals surface area contributed by atoms with E-state index >= 15 is 0 Å². The molecule has 0 radical (unpaired) electrons. The minimum Gasteiger partial charge on any atom is -0.375 e. The largest absolute Gasteiger partial charge is 0.375 e. The first kappa shape index (κ1) is 14.0. The zero-order valence-corrected chi connectivity index (χ0v) is 13.3. The number of ether oxygens (including phenoxy) is 1. The van der Waals surface area contributed by atoms with Gasteiger partial charge in [-0.3, -0.25) is 0 Å². The van der Waals surface area contributed by atoms with Crippen molar-refractivity contribution in [1.29, 1.82) is 0 Å². The van der Waals surface area contributed by atoms with Gasteiger partial charge in [-0.1, -0.05) is 5.21 Å². The second-order valence-electron chi connectivity index (χ2n) is 6.64. The predicted molar refractivity (Wildman–Crippen MR) is 83.4 cm³/mol. The Morgan fingerprint density at radius 2 is 2.19 bits per heavy atom. The van der Waals surface area contributed by atoms with Crippen LogP contribution in [-0.4, -0.2) is 44.7 Å². The molecule has 1 aromatic rings. The number of nitrogens with zero attached hydrogens (tertiary/aromatic N) is 3. The molecule has 1 aromatic heterocycles. The van der Waals surface area contributed by atoms with E-state index in [1.807, 2.05) is 0 Å². The van der Waals surface area contributed by atoms with Gasteiger partial charge in [0.05, 0.1) is 23.5 Å². The van der Waals surface area contributed by atoms with Crippen molar-refractivity contribution < 1.29 is 4.74 Å². The molecule has 2 saturated heterocycles. The maximum Gasteiger partial charge on any atom is 0.0965 e. The minimum absolute atomic E-state index is 0.118. The molecule has 21 heavy (non-hydrogen) atoms. The van der Waals surface area contributed by atoms with Crippen molar-refractivity contribution in [2.45, 2.75) is 62.8 Å². The lowest BCUT2D eigenvalue weighted by Crippen LogP contribution is -2.43. The Hall–Kier alpha value is -0.590. The summed E-state index contributed by atoms with van der Waals surface area (Å²) in [5.74, 6) is 2.47. The maximum absolute atomic E-state index is 6.16. The Morgan fingerprint density at radius 3 is 3.00 bits per heavy atom. The first-order valence-electron chi connectivity index (χ1n) is 8.19. The Morgan fingerprint density at radius 1 is 1.33 bits per heavy atom. The first-order chi connectivity index (χ1) is 10.3. The molecule has 3 heterocycles. The zero-order valence-electron chi connectivity index (χ0n) is 12.5. The van der Waals surface area contributed by atoms with Gasteiger partial charge < -0.3 is 10.1 Å². The Kier molecular flexibility index (Phi) is 3.94. The van der Waals surface area contributed by atoms with E-state index < -0.39 is 0 Å². The highest BCUT2D eigenvalue weighted by Crippen LogP contribution is 2.41. The van der Waals surface area contributed by atoms with E-state index in [9.17, 15) is 0 Å². The quantitative estimate of drug-likeness (QED) is 0.923. The monoisotopic (exact) mass is 308 g/mol. The molecule has 1 saturated carbocycles. The van der Waals surface area contributed by atoms with Crippen LogP contribution in [0, 0.1) is 0 Å². The van der Waals surface area contributed by atoms with Gasteiger partial charge >= 0.3 is 0 Å². The number of hydrogen-bond donors (Lipinski definition) is 1. The molecule has 6 heteroatoms. The molecule has 116 valence electrons. The summed E-state index contributed by atoms with van der Waals surface area (Å²) >= 11 is 2.06. The summed E-state index contributed by atoms with van der Waals surface area (Å²) in [6.45, 7) is 1.72. The molecule has 1 aliphatic carbocycles. The third kappa shape index (κ3) is 3.27. The van der Waals surface area contributed by atoms with Crippen LogP contribution in [0.1, 0.15) is 50.3 Å². The van der Waals surface area contributed by atoms with E-state index in [4.69, 9.17) is 4.74 Å². The van der Waals surface area contributed by atoms with Crippen molar-refractivity contribution >= 4 is 11.8 Å². The lowest BCUT2D eigenvalue weighted by Gasteiger charge is -2.43. The normalized spacial score (nSPS) is 28.9. The van der Waals surface area contributed by atoms with Gasteiger partial charge in [-0.25, -0.2) is 4.68 Å². The number of hydrogen-bond acceptors (Lipinski definition) is 5. The van der Waals surface area contributed by atoms with Crippen molar-refractivity contribution in [2.24, 2.45) is 0 Å². The van der Waals surface area contributed by atoms with Gasteiger partial charge in [0.1, 0.15) is 0 Å². The van der Waals surface area contributed by atoms with E-state index in [0.717, 1.165) is 37.7 Å². The summed E-state index contributed by atoms with van der Waals surface area (Å²) in [7, 11) is 0. The molecule has 3 aliphatic rings. The van der Waals surface area contributed by atoms with Crippen LogP contribution in [-0.2, 0) is 11.3 Å². The molecule has 3 fully saturated rings. The molecular formula is C15H24N4OS. The van der Waals surface area contributed by atoms with Crippen LogP contribution in [0.3, 0.4) is 0 Å². The van der Waals surface area contributed by atoms with Crippen LogP contribution in [0.25, 0.3) is 0 Å². The zero-order chi connectivity index (χ0) is 14.1.